The van der Waals surface area contributed by atoms with E-state index < -0.39 is 28.9 Å². The summed E-state index contributed by atoms with van der Waals surface area (Å²) in [4.78, 5) is 33.0. The molecule has 0 aliphatic carbocycles. The molecule has 0 aromatic heterocycles. The number of hydrogen-bond acceptors (Lipinski definition) is 7. The molecule has 36 heavy (non-hydrogen) atoms. The maximum atomic E-state index is 12.2. The molecule has 0 spiro atoms. The van der Waals surface area contributed by atoms with Crippen molar-refractivity contribution in [3.8, 4) is 0 Å². The molecular formula is C29H38O7. The zero-order valence-corrected chi connectivity index (χ0v) is 21.8. The van der Waals surface area contributed by atoms with Gasteiger partial charge in [0, 0.05) is 23.1 Å². The predicted molar refractivity (Wildman–Crippen MR) is 140 cm³/mol. The van der Waals surface area contributed by atoms with Gasteiger partial charge in [-0.25, -0.2) is 9.59 Å². The predicted octanol–water partition coefficient (Wildman–Crippen LogP) is 4.71. The van der Waals surface area contributed by atoms with E-state index >= 15 is 0 Å². The average Bonchev–Trinajstić information content (AvgIpc) is 2.91. The fourth-order valence-electron chi connectivity index (χ4n) is 2.61. The van der Waals surface area contributed by atoms with Crippen LogP contribution < -0.4 is 0 Å². The molecule has 0 radical (unpaired) electrons. The lowest BCUT2D eigenvalue weighted by molar-refractivity contribution is -0.139. The molecule has 2 aromatic carbocycles. The van der Waals surface area contributed by atoms with Crippen LogP contribution >= 0.6 is 0 Å². The van der Waals surface area contributed by atoms with E-state index in [0.29, 0.717) is 5.56 Å². The van der Waals surface area contributed by atoms with E-state index in [0.717, 1.165) is 17.7 Å². The van der Waals surface area contributed by atoms with E-state index in [2.05, 4.69) is 17.9 Å². The van der Waals surface area contributed by atoms with Gasteiger partial charge in [0.05, 0.1) is 25.2 Å². The third-order valence-corrected chi connectivity index (χ3v) is 5.02. The second-order valence-electron chi connectivity index (χ2n) is 9.08. The summed E-state index contributed by atoms with van der Waals surface area (Å²) in [5.74, 6) is -0.955. The lowest BCUT2D eigenvalue weighted by Gasteiger charge is -2.28. The first-order valence-electron chi connectivity index (χ1n) is 11.3. The Hall–Kier alpha value is -3.55. The van der Waals surface area contributed by atoms with Crippen LogP contribution in [0, 0.1) is 10.8 Å². The zero-order valence-electron chi connectivity index (χ0n) is 21.8. The second kappa shape index (κ2) is 16.2. The first-order chi connectivity index (χ1) is 16.9. The maximum Gasteiger partial charge on any atom is 0.330 e. The van der Waals surface area contributed by atoms with Gasteiger partial charge in [-0.15, -0.1) is 0 Å². The van der Waals surface area contributed by atoms with Crippen LogP contribution in [-0.2, 0) is 19.1 Å². The number of benzene rings is 2. The molecule has 0 aliphatic rings. The van der Waals surface area contributed by atoms with E-state index in [1.165, 1.54) is 7.11 Å². The SMILES string of the molecule is C=CC(=O)OC.C=CC(=O)OCC(C)(C)C(=O)c1ccccc1.CC(C)(CO)C(O)c1ccccc1. The maximum absolute atomic E-state index is 12.2. The van der Waals surface area contributed by atoms with Crippen LogP contribution in [0.15, 0.2) is 86.0 Å². The van der Waals surface area contributed by atoms with Crippen molar-refractivity contribution in [1.82, 2.24) is 0 Å². The van der Waals surface area contributed by atoms with Gasteiger partial charge in [-0.3, -0.25) is 4.79 Å². The summed E-state index contributed by atoms with van der Waals surface area (Å²) in [6, 6.07) is 18.3. The number of Topliss-reactive ketones (excluding diaryl/α,β-unsaturated/α-hetero) is 1. The summed E-state index contributed by atoms with van der Waals surface area (Å²) in [6.07, 6.45) is 1.59. The summed E-state index contributed by atoms with van der Waals surface area (Å²) in [6.45, 7) is 13.7. The lowest BCUT2D eigenvalue weighted by atomic mass is 9.83. The highest BCUT2D eigenvalue weighted by Crippen LogP contribution is 2.32. The quantitative estimate of drug-likeness (QED) is 0.293. The van der Waals surface area contributed by atoms with Crippen LogP contribution in [0.4, 0.5) is 0 Å². The Morgan fingerprint density at radius 2 is 1.36 bits per heavy atom. The van der Waals surface area contributed by atoms with Crippen molar-refractivity contribution >= 4 is 17.7 Å². The number of aliphatic hydroxyl groups is 2. The Kier molecular flexibility index (Phi) is 14.6. The molecule has 0 fully saturated rings. The minimum absolute atomic E-state index is 0.0247. The molecular weight excluding hydrogens is 460 g/mol. The molecule has 0 heterocycles. The van der Waals surface area contributed by atoms with Crippen molar-refractivity contribution in [2.75, 3.05) is 20.3 Å². The van der Waals surface area contributed by atoms with E-state index in [1.54, 1.807) is 38.1 Å². The van der Waals surface area contributed by atoms with E-state index in [-0.39, 0.29) is 19.0 Å². The highest BCUT2D eigenvalue weighted by molar-refractivity contribution is 6.00. The minimum atomic E-state index is -0.736. The van der Waals surface area contributed by atoms with Crippen LogP contribution in [0.5, 0.6) is 0 Å². The summed E-state index contributed by atoms with van der Waals surface area (Å²) in [7, 11) is 1.31. The van der Waals surface area contributed by atoms with Crippen LogP contribution in [0.1, 0.15) is 49.7 Å². The van der Waals surface area contributed by atoms with Crippen molar-refractivity contribution < 1.29 is 34.1 Å². The van der Waals surface area contributed by atoms with Crippen molar-refractivity contribution in [2.45, 2.75) is 33.8 Å². The summed E-state index contributed by atoms with van der Waals surface area (Å²) < 4.78 is 9.06. The number of rotatable bonds is 9. The average molecular weight is 499 g/mol. The van der Waals surface area contributed by atoms with Gasteiger partial charge in [-0.05, 0) is 19.4 Å². The first-order valence-corrected chi connectivity index (χ1v) is 11.3. The molecule has 0 aliphatic heterocycles. The molecule has 196 valence electrons. The normalized spacial score (nSPS) is 11.3. The van der Waals surface area contributed by atoms with Gasteiger partial charge in [0.15, 0.2) is 5.78 Å². The molecule has 2 rings (SSSR count). The number of ether oxygens (including phenoxy) is 2. The summed E-state index contributed by atoms with van der Waals surface area (Å²) in [5, 5.41) is 19.0. The molecule has 1 unspecified atom stereocenters. The molecule has 0 bridgehead atoms. The van der Waals surface area contributed by atoms with Gasteiger partial charge in [0.25, 0.3) is 0 Å². The summed E-state index contributed by atoms with van der Waals surface area (Å²) >= 11 is 0. The van der Waals surface area contributed by atoms with E-state index in [4.69, 9.17) is 9.84 Å². The molecule has 2 N–H and O–H groups in total. The molecule has 1 atom stereocenters. The number of hydrogen-bond donors (Lipinski definition) is 2. The van der Waals surface area contributed by atoms with E-state index in [1.807, 2.05) is 50.2 Å². The van der Waals surface area contributed by atoms with Crippen molar-refractivity contribution in [3.05, 3.63) is 97.1 Å². The second-order valence-corrected chi connectivity index (χ2v) is 9.08. The number of carbonyl (C=O) groups is 3. The standard InChI is InChI=1S/C14H16O3.C11H16O2.C4H6O2/c1-4-12(15)17-10-14(2,3)13(16)11-8-6-5-7-9-11;1-11(2,8-12)10(13)9-6-4-3-5-7-9;1-3-4(5)6-2/h4-9H,1,10H2,2-3H3;3-7,10,12-13H,8H2,1-2H3;3H,1H2,2H3. The number of aliphatic hydroxyl groups excluding tert-OH is 2. The molecule has 2 aromatic rings. The number of ketones is 1. The van der Waals surface area contributed by atoms with Crippen molar-refractivity contribution in [2.24, 2.45) is 10.8 Å². The zero-order chi connectivity index (χ0) is 27.8. The number of esters is 2. The van der Waals surface area contributed by atoms with Gasteiger partial charge in [0.1, 0.15) is 6.61 Å². The monoisotopic (exact) mass is 498 g/mol. The third kappa shape index (κ3) is 11.7. The van der Waals surface area contributed by atoms with Crippen LogP contribution in [0.25, 0.3) is 0 Å². The highest BCUT2D eigenvalue weighted by atomic mass is 16.5. The minimum Gasteiger partial charge on any atom is -0.466 e. The Morgan fingerprint density at radius 1 is 0.889 bits per heavy atom. The van der Waals surface area contributed by atoms with E-state index in [9.17, 15) is 19.5 Å². The highest BCUT2D eigenvalue weighted by Gasteiger charge is 2.30. The van der Waals surface area contributed by atoms with Gasteiger partial charge >= 0.3 is 11.9 Å². The van der Waals surface area contributed by atoms with Gasteiger partial charge < -0.3 is 19.7 Å². The largest absolute Gasteiger partial charge is 0.466 e. The van der Waals surface area contributed by atoms with Crippen LogP contribution in [-0.4, -0.2) is 48.3 Å². The van der Waals surface area contributed by atoms with Gasteiger partial charge in [-0.1, -0.05) is 87.7 Å². The van der Waals surface area contributed by atoms with Crippen LogP contribution in [0.3, 0.4) is 0 Å². The van der Waals surface area contributed by atoms with Gasteiger partial charge in [0.2, 0.25) is 0 Å². The third-order valence-electron chi connectivity index (χ3n) is 5.02. The van der Waals surface area contributed by atoms with Crippen molar-refractivity contribution in [1.29, 1.82) is 0 Å². The molecule has 0 saturated carbocycles. The topological polar surface area (TPSA) is 110 Å². The number of methoxy groups -OCH3 is 1. The van der Waals surface area contributed by atoms with Crippen molar-refractivity contribution in [3.63, 3.8) is 0 Å². The Labute approximate surface area is 214 Å². The summed E-state index contributed by atoms with van der Waals surface area (Å²) in [5.41, 5.74) is 0.246. The Bertz CT molecular complexity index is 964. The molecule has 7 heteroatoms. The smallest absolute Gasteiger partial charge is 0.330 e. The fraction of sp³-hybridized carbons (Fsp3) is 0.345. The van der Waals surface area contributed by atoms with Crippen LogP contribution in [0.2, 0.25) is 0 Å². The molecule has 0 amide bonds. The van der Waals surface area contributed by atoms with Gasteiger partial charge in [-0.2, -0.15) is 0 Å². The Balaban J connectivity index is 0.000000569. The fourth-order valence-corrected chi connectivity index (χ4v) is 2.61. The molecule has 7 nitrogen and oxygen atoms in total. The Morgan fingerprint density at radius 3 is 1.75 bits per heavy atom. The molecule has 0 saturated heterocycles. The lowest BCUT2D eigenvalue weighted by Crippen LogP contribution is -2.30. The first kappa shape index (κ1) is 32.5. The number of carbonyl (C=O) groups excluding carboxylic acids is 3.